The molecule has 106 valence electrons. The number of ether oxygens (including phenoxy) is 1. The van der Waals surface area contributed by atoms with E-state index in [1.165, 1.54) is 0 Å². The summed E-state index contributed by atoms with van der Waals surface area (Å²) >= 11 is 6.06. The van der Waals surface area contributed by atoms with Gasteiger partial charge in [-0.05, 0) is 38.0 Å². The molecule has 0 bridgehead atoms. The average Bonchev–Trinajstić information content (AvgIpc) is 2.39. The monoisotopic (exact) mass is 284 g/mol. The Balaban J connectivity index is 2.62. The van der Waals surface area contributed by atoms with Crippen LogP contribution in [0.2, 0.25) is 5.02 Å². The van der Waals surface area contributed by atoms with Crippen LogP contribution in [0.1, 0.15) is 33.6 Å². The normalized spacial score (nSPS) is 10.4. The van der Waals surface area contributed by atoms with Gasteiger partial charge >= 0.3 is 6.03 Å². The lowest BCUT2D eigenvalue weighted by Crippen LogP contribution is -2.37. The number of hydrogen-bond acceptors (Lipinski definition) is 2. The van der Waals surface area contributed by atoms with Crippen LogP contribution in [-0.4, -0.2) is 18.7 Å². The van der Waals surface area contributed by atoms with Crippen molar-refractivity contribution in [2.45, 2.75) is 39.7 Å². The predicted octanol–water partition coefficient (Wildman–Crippen LogP) is 4.05. The standard InChI is InChI=1S/C14H21ClN2O2/c1-4-10(5-2)16-14(18)17-11-7-8-13(19-6-3)12(15)9-11/h7-10H,4-6H2,1-3H3,(H2,16,17,18). The van der Waals surface area contributed by atoms with Gasteiger partial charge in [-0.1, -0.05) is 25.4 Å². The number of carbonyl (C=O) groups is 1. The molecule has 2 N–H and O–H groups in total. The second-order valence-electron chi connectivity index (χ2n) is 4.19. The summed E-state index contributed by atoms with van der Waals surface area (Å²) in [6.07, 6.45) is 1.82. The van der Waals surface area contributed by atoms with Gasteiger partial charge in [-0.15, -0.1) is 0 Å². The Morgan fingerprint density at radius 1 is 1.32 bits per heavy atom. The van der Waals surface area contributed by atoms with Gasteiger partial charge in [0, 0.05) is 11.7 Å². The number of carbonyl (C=O) groups excluding carboxylic acids is 1. The first kappa shape index (κ1) is 15.6. The van der Waals surface area contributed by atoms with E-state index in [4.69, 9.17) is 16.3 Å². The van der Waals surface area contributed by atoms with Gasteiger partial charge in [0.25, 0.3) is 0 Å². The fourth-order valence-corrected chi connectivity index (χ4v) is 1.93. The molecule has 0 unspecified atom stereocenters. The Bertz CT molecular complexity index is 420. The van der Waals surface area contributed by atoms with Gasteiger partial charge in [0.05, 0.1) is 11.6 Å². The lowest BCUT2D eigenvalue weighted by atomic mass is 10.2. The second-order valence-corrected chi connectivity index (χ2v) is 4.60. The van der Waals surface area contributed by atoms with E-state index in [0.29, 0.717) is 23.1 Å². The van der Waals surface area contributed by atoms with E-state index in [-0.39, 0.29) is 12.1 Å². The van der Waals surface area contributed by atoms with Gasteiger partial charge in [0.15, 0.2) is 0 Å². The van der Waals surface area contributed by atoms with Crippen molar-refractivity contribution in [3.8, 4) is 5.75 Å². The van der Waals surface area contributed by atoms with E-state index in [1.807, 2.05) is 20.8 Å². The summed E-state index contributed by atoms with van der Waals surface area (Å²) in [6.45, 7) is 6.54. The van der Waals surface area contributed by atoms with E-state index >= 15 is 0 Å². The van der Waals surface area contributed by atoms with Crippen LogP contribution >= 0.6 is 11.6 Å². The maximum absolute atomic E-state index is 11.8. The molecule has 4 nitrogen and oxygen atoms in total. The number of rotatable bonds is 6. The molecule has 0 spiro atoms. The molecule has 0 fully saturated rings. The molecule has 5 heteroatoms. The second kappa shape index (κ2) is 7.89. The van der Waals surface area contributed by atoms with Crippen molar-refractivity contribution in [1.29, 1.82) is 0 Å². The van der Waals surface area contributed by atoms with Gasteiger partial charge < -0.3 is 15.4 Å². The van der Waals surface area contributed by atoms with Crippen LogP contribution in [0.25, 0.3) is 0 Å². The van der Waals surface area contributed by atoms with Crippen LogP contribution in [0.3, 0.4) is 0 Å². The molecule has 1 aromatic carbocycles. The molecule has 2 amide bonds. The highest BCUT2D eigenvalue weighted by Crippen LogP contribution is 2.27. The molecule has 19 heavy (non-hydrogen) atoms. The Hall–Kier alpha value is -1.42. The number of nitrogens with one attached hydrogen (secondary N) is 2. The highest BCUT2D eigenvalue weighted by molar-refractivity contribution is 6.32. The summed E-state index contributed by atoms with van der Waals surface area (Å²) in [5.41, 5.74) is 0.650. The first-order valence-electron chi connectivity index (χ1n) is 6.60. The highest BCUT2D eigenvalue weighted by Gasteiger charge is 2.09. The molecule has 0 saturated carbocycles. The van der Waals surface area contributed by atoms with Gasteiger partial charge in [0.2, 0.25) is 0 Å². The number of amides is 2. The van der Waals surface area contributed by atoms with Crippen molar-refractivity contribution in [1.82, 2.24) is 5.32 Å². The van der Waals surface area contributed by atoms with E-state index in [0.717, 1.165) is 12.8 Å². The molecule has 0 heterocycles. The van der Waals surface area contributed by atoms with Crippen molar-refractivity contribution in [2.75, 3.05) is 11.9 Å². The zero-order valence-electron chi connectivity index (χ0n) is 11.6. The van der Waals surface area contributed by atoms with E-state index in [2.05, 4.69) is 10.6 Å². The minimum Gasteiger partial charge on any atom is -0.492 e. The minimum absolute atomic E-state index is 0.193. The number of urea groups is 1. The van der Waals surface area contributed by atoms with Crippen molar-refractivity contribution in [3.63, 3.8) is 0 Å². The third kappa shape index (κ3) is 4.99. The van der Waals surface area contributed by atoms with E-state index in [9.17, 15) is 4.79 Å². The summed E-state index contributed by atoms with van der Waals surface area (Å²) in [5.74, 6) is 0.620. The molecule has 0 saturated heterocycles. The summed E-state index contributed by atoms with van der Waals surface area (Å²) in [4.78, 5) is 11.8. The SMILES string of the molecule is CCOc1ccc(NC(=O)NC(CC)CC)cc1Cl. The molecule has 0 aromatic heterocycles. The van der Waals surface area contributed by atoms with Crippen LogP contribution in [0.4, 0.5) is 10.5 Å². The van der Waals surface area contributed by atoms with Crippen LogP contribution in [0, 0.1) is 0 Å². The zero-order chi connectivity index (χ0) is 14.3. The van der Waals surface area contributed by atoms with Crippen LogP contribution in [0.5, 0.6) is 5.75 Å². The van der Waals surface area contributed by atoms with Crippen molar-refractivity contribution >= 4 is 23.3 Å². The summed E-state index contributed by atoms with van der Waals surface area (Å²) < 4.78 is 5.34. The molecule has 0 radical (unpaired) electrons. The van der Waals surface area contributed by atoms with E-state index < -0.39 is 0 Å². The first-order valence-corrected chi connectivity index (χ1v) is 6.98. The number of hydrogen-bond donors (Lipinski definition) is 2. The maximum atomic E-state index is 11.8. The van der Waals surface area contributed by atoms with Gasteiger partial charge in [-0.25, -0.2) is 4.79 Å². The largest absolute Gasteiger partial charge is 0.492 e. The Labute approximate surface area is 119 Å². The number of benzene rings is 1. The molecular formula is C14H21ClN2O2. The fraction of sp³-hybridized carbons (Fsp3) is 0.500. The highest BCUT2D eigenvalue weighted by atomic mass is 35.5. The van der Waals surface area contributed by atoms with Gasteiger partial charge in [-0.2, -0.15) is 0 Å². The van der Waals surface area contributed by atoms with Crippen molar-refractivity contribution in [2.24, 2.45) is 0 Å². The minimum atomic E-state index is -0.214. The van der Waals surface area contributed by atoms with Gasteiger partial charge in [0.1, 0.15) is 5.75 Å². The molecule has 1 rings (SSSR count). The molecule has 0 aliphatic heterocycles. The number of anilines is 1. The fourth-order valence-electron chi connectivity index (χ4n) is 1.70. The third-order valence-corrected chi connectivity index (χ3v) is 3.11. The smallest absolute Gasteiger partial charge is 0.319 e. The number of halogens is 1. The third-order valence-electron chi connectivity index (χ3n) is 2.81. The zero-order valence-corrected chi connectivity index (χ0v) is 12.4. The molecular weight excluding hydrogens is 264 g/mol. The maximum Gasteiger partial charge on any atom is 0.319 e. The first-order chi connectivity index (χ1) is 9.10. The van der Waals surface area contributed by atoms with Crippen LogP contribution in [0.15, 0.2) is 18.2 Å². The molecule has 0 atom stereocenters. The molecule has 0 aliphatic carbocycles. The predicted molar refractivity (Wildman–Crippen MR) is 79.1 cm³/mol. The molecule has 1 aromatic rings. The Kier molecular flexibility index (Phi) is 6.50. The molecule has 0 aliphatic rings. The lowest BCUT2D eigenvalue weighted by molar-refractivity contribution is 0.247. The van der Waals surface area contributed by atoms with E-state index in [1.54, 1.807) is 18.2 Å². The average molecular weight is 285 g/mol. The van der Waals surface area contributed by atoms with Crippen molar-refractivity contribution in [3.05, 3.63) is 23.2 Å². The summed E-state index contributed by atoms with van der Waals surface area (Å²) in [6, 6.07) is 5.17. The Morgan fingerprint density at radius 3 is 2.53 bits per heavy atom. The summed E-state index contributed by atoms with van der Waals surface area (Å²) in [5, 5.41) is 6.15. The quantitative estimate of drug-likeness (QED) is 0.828. The lowest BCUT2D eigenvalue weighted by Gasteiger charge is -2.15. The topological polar surface area (TPSA) is 50.4 Å². The summed E-state index contributed by atoms with van der Waals surface area (Å²) in [7, 11) is 0. The Morgan fingerprint density at radius 2 is 2.00 bits per heavy atom. The van der Waals surface area contributed by atoms with Crippen molar-refractivity contribution < 1.29 is 9.53 Å². The van der Waals surface area contributed by atoms with Crippen LogP contribution < -0.4 is 15.4 Å². The van der Waals surface area contributed by atoms with Crippen LogP contribution in [-0.2, 0) is 0 Å². The van der Waals surface area contributed by atoms with Gasteiger partial charge in [-0.3, -0.25) is 0 Å².